The molecule has 1 aliphatic rings. The molecule has 3 aromatic rings. The first-order valence-electron chi connectivity index (χ1n) is 8.40. The van der Waals surface area contributed by atoms with E-state index in [1.54, 1.807) is 11.1 Å². The van der Waals surface area contributed by atoms with E-state index < -0.39 is 11.6 Å². The molecule has 0 aliphatic carbocycles. The summed E-state index contributed by atoms with van der Waals surface area (Å²) in [5.74, 6) is -0.792. The minimum Gasteiger partial charge on any atom is -0.410 e. The van der Waals surface area contributed by atoms with Crippen molar-refractivity contribution < 1.29 is 18.0 Å². The van der Waals surface area contributed by atoms with E-state index in [0.29, 0.717) is 30.8 Å². The van der Waals surface area contributed by atoms with Gasteiger partial charge in [-0.3, -0.25) is 0 Å². The Bertz CT molecular complexity index is 980. The van der Waals surface area contributed by atoms with Crippen LogP contribution in [-0.2, 0) is 17.7 Å². The summed E-state index contributed by atoms with van der Waals surface area (Å²) < 4.78 is 40.2. The first-order chi connectivity index (χ1) is 12.6. The predicted molar refractivity (Wildman–Crippen MR) is 92.8 cm³/mol. The Balaban J connectivity index is 1.35. The maximum Gasteiger partial charge on any atom is 0.129 e. The molecule has 0 saturated carbocycles. The first kappa shape index (κ1) is 16.7. The summed E-state index contributed by atoms with van der Waals surface area (Å²) in [4.78, 5) is 8.87. The molecule has 0 spiro atoms. The van der Waals surface area contributed by atoms with Crippen LogP contribution < -0.4 is 0 Å². The van der Waals surface area contributed by atoms with Crippen LogP contribution in [0.4, 0.5) is 13.2 Å². The van der Waals surface area contributed by atoms with E-state index in [0.717, 1.165) is 22.5 Å². The molecule has 1 aliphatic heterocycles. The second-order valence-corrected chi connectivity index (χ2v) is 6.32. The molecule has 6 heteroatoms. The second kappa shape index (κ2) is 6.88. The molecule has 2 aromatic carbocycles. The van der Waals surface area contributed by atoms with E-state index in [-0.39, 0.29) is 12.2 Å². The lowest BCUT2D eigenvalue weighted by molar-refractivity contribution is -0.0915. The Kier molecular flexibility index (Phi) is 4.42. The quantitative estimate of drug-likeness (QED) is 0.727. The van der Waals surface area contributed by atoms with Crippen LogP contribution in [0.1, 0.15) is 11.1 Å². The molecule has 0 radical (unpaired) electrons. The van der Waals surface area contributed by atoms with Crippen molar-refractivity contribution in [1.82, 2.24) is 10.0 Å². The third-order valence-electron chi connectivity index (χ3n) is 4.51. The van der Waals surface area contributed by atoms with Gasteiger partial charge in [-0.2, -0.15) is 0 Å². The molecule has 0 bridgehead atoms. The van der Waals surface area contributed by atoms with Crippen molar-refractivity contribution >= 4 is 10.9 Å². The lowest BCUT2D eigenvalue weighted by Gasteiger charge is -2.16. The molecule has 2 heterocycles. The third-order valence-corrected chi connectivity index (χ3v) is 4.51. The van der Waals surface area contributed by atoms with E-state index in [4.69, 9.17) is 4.84 Å². The number of rotatable bonds is 5. The number of fused-ring (bicyclic) bond motifs is 1. The normalized spacial score (nSPS) is 14.7. The Morgan fingerprint density at radius 2 is 1.81 bits per heavy atom. The Hall–Kier alpha value is -2.73. The van der Waals surface area contributed by atoms with Gasteiger partial charge in [-0.15, -0.1) is 5.06 Å². The molecule has 134 valence electrons. The number of nitrogens with one attached hydrogen (secondary N) is 1. The van der Waals surface area contributed by atoms with E-state index in [2.05, 4.69) is 4.98 Å². The van der Waals surface area contributed by atoms with Gasteiger partial charge in [-0.1, -0.05) is 6.07 Å². The van der Waals surface area contributed by atoms with Crippen LogP contribution in [-0.4, -0.2) is 23.1 Å². The van der Waals surface area contributed by atoms with E-state index in [9.17, 15) is 13.2 Å². The number of aromatic amines is 1. The summed E-state index contributed by atoms with van der Waals surface area (Å²) in [6.45, 7) is 1.21. The van der Waals surface area contributed by atoms with Crippen molar-refractivity contribution in [2.24, 2.45) is 0 Å². The van der Waals surface area contributed by atoms with Gasteiger partial charge in [0.2, 0.25) is 0 Å². The zero-order valence-corrected chi connectivity index (χ0v) is 13.9. The smallest absolute Gasteiger partial charge is 0.129 e. The number of H-pyrrole nitrogens is 1. The van der Waals surface area contributed by atoms with E-state index in [1.807, 2.05) is 12.3 Å². The summed E-state index contributed by atoms with van der Waals surface area (Å²) in [7, 11) is 0. The second-order valence-electron chi connectivity index (χ2n) is 6.32. The van der Waals surface area contributed by atoms with Crippen LogP contribution in [0, 0.1) is 17.5 Å². The molecule has 0 saturated heterocycles. The maximum atomic E-state index is 13.7. The monoisotopic (exact) mass is 358 g/mol. The molecule has 3 nitrogen and oxygen atoms in total. The molecular weight excluding hydrogens is 341 g/mol. The van der Waals surface area contributed by atoms with Gasteiger partial charge in [0, 0.05) is 36.1 Å². The van der Waals surface area contributed by atoms with Gasteiger partial charge in [0.15, 0.2) is 0 Å². The van der Waals surface area contributed by atoms with Crippen molar-refractivity contribution in [3.05, 3.63) is 83.0 Å². The van der Waals surface area contributed by atoms with Crippen molar-refractivity contribution in [3.63, 3.8) is 0 Å². The fraction of sp³-hybridized carbons (Fsp3) is 0.200. The van der Waals surface area contributed by atoms with Gasteiger partial charge in [0.1, 0.15) is 23.2 Å². The van der Waals surface area contributed by atoms with Crippen molar-refractivity contribution in [1.29, 1.82) is 0 Å². The summed E-state index contributed by atoms with van der Waals surface area (Å²) in [5.41, 5.74) is 2.31. The molecule has 1 N–H and O–H groups in total. The van der Waals surface area contributed by atoms with Crippen LogP contribution in [0.3, 0.4) is 0 Å². The van der Waals surface area contributed by atoms with Crippen molar-refractivity contribution in [2.75, 3.05) is 13.1 Å². The van der Waals surface area contributed by atoms with Crippen molar-refractivity contribution in [2.45, 2.75) is 12.8 Å². The summed E-state index contributed by atoms with van der Waals surface area (Å²) in [6, 6.07) is 8.21. The van der Waals surface area contributed by atoms with Gasteiger partial charge < -0.3 is 9.82 Å². The number of hydrogen-bond donors (Lipinski definition) is 1. The van der Waals surface area contributed by atoms with Gasteiger partial charge in [-0.05, 0) is 47.9 Å². The van der Waals surface area contributed by atoms with Gasteiger partial charge in [0.25, 0.3) is 0 Å². The standard InChI is InChI=1S/C20H17F3N2O/c21-15-3-4-20-18(10-15)14(12-24-20)5-7-25-8-6-17(26-25)9-13-1-2-16(22)11-19(13)23/h1-4,6,10-12,24H,5,7-9H2. The zero-order chi connectivity index (χ0) is 18.1. The summed E-state index contributed by atoms with van der Waals surface area (Å²) in [6.07, 6.45) is 4.73. The lowest BCUT2D eigenvalue weighted by Crippen LogP contribution is -2.22. The van der Waals surface area contributed by atoms with Gasteiger partial charge in [-0.25, -0.2) is 13.2 Å². The average Bonchev–Trinajstić information content (AvgIpc) is 3.22. The largest absolute Gasteiger partial charge is 0.410 e. The summed E-state index contributed by atoms with van der Waals surface area (Å²) >= 11 is 0. The van der Waals surface area contributed by atoms with Crippen LogP contribution in [0.25, 0.3) is 10.9 Å². The molecule has 0 unspecified atom stereocenters. The lowest BCUT2D eigenvalue weighted by atomic mass is 10.1. The van der Waals surface area contributed by atoms with Crippen molar-refractivity contribution in [3.8, 4) is 0 Å². The van der Waals surface area contributed by atoms with Crippen LogP contribution >= 0.6 is 0 Å². The van der Waals surface area contributed by atoms with Crippen LogP contribution in [0.2, 0.25) is 0 Å². The number of allylic oxidation sites excluding steroid dienone is 1. The first-order valence-corrected chi connectivity index (χ1v) is 8.40. The number of nitrogens with zero attached hydrogens (tertiary/aromatic N) is 1. The number of benzene rings is 2. The highest BCUT2D eigenvalue weighted by Crippen LogP contribution is 2.22. The number of halogens is 3. The number of aromatic nitrogens is 1. The third kappa shape index (κ3) is 3.46. The minimum absolute atomic E-state index is 0.263. The minimum atomic E-state index is -0.593. The number of hydroxylamine groups is 2. The van der Waals surface area contributed by atoms with Crippen LogP contribution in [0.15, 0.2) is 54.4 Å². The summed E-state index contributed by atoms with van der Waals surface area (Å²) in [5, 5.41) is 2.64. The molecule has 0 amide bonds. The fourth-order valence-electron chi connectivity index (χ4n) is 3.14. The molecule has 4 rings (SSSR count). The van der Waals surface area contributed by atoms with Gasteiger partial charge >= 0.3 is 0 Å². The Morgan fingerprint density at radius 3 is 2.65 bits per heavy atom. The molecule has 0 fully saturated rings. The highest BCUT2D eigenvalue weighted by molar-refractivity contribution is 5.83. The molecule has 1 aromatic heterocycles. The highest BCUT2D eigenvalue weighted by atomic mass is 19.1. The SMILES string of the molecule is Fc1ccc(CC2=CCN(CCc3c[nH]c4ccc(F)cc34)O2)c(F)c1. The van der Waals surface area contributed by atoms with E-state index in [1.165, 1.54) is 24.3 Å². The highest BCUT2D eigenvalue weighted by Gasteiger charge is 2.18. The van der Waals surface area contributed by atoms with E-state index >= 15 is 0 Å². The topological polar surface area (TPSA) is 28.3 Å². The average molecular weight is 358 g/mol. The Labute approximate surface area is 148 Å². The molecule has 26 heavy (non-hydrogen) atoms. The number of hydrogen-bond acceptors (Lipinski definition) is 2. The van der Waals surface area contributed by atoms with Gasteiger partial charge in [0.05, 0.1) is 6.54 Å². The fourth-order valence-corrected chi connectivity index (χ4v) is 3.14. The maximum absolute atomic E-state index is 13.7. The predicted octanol–water partition coefficient (Wildman–Crippen LogP) is 4.50. The van der Waals surface area contributed by atoms with Crippen LogP contribution in [0.5, 0.6) is 0 Å². The zero-order valence-electron chi connectivity index (χ0n) is 13.9. The molecular formula is C20H17F3N2O. The molecule has 0 atom stereocenters. The Morgan fingerprint density at radius 1 is 1.00 bits per heavy atom.